The van der Waals surface area contributed by atoms with E-state index in [1.54, 1.807) is 6.07 Å². The Balaban J connectivity index is 2.18. The van der Waals surface area contributed by atoms with Gasteiger partial charge >= 0.3 is 0 Å². The third kappa shape index (κ3) is 12.2. The Hall–Kier alpha value is -1.11. The molecule has 0 saturated carbocycles. The van der Waals surface area contributed by atoms with Crippen LogP contribution in [0.5, 0.6) is 11.5 Å². The SMILES string of the molecule is CCCCCCCC[N+](C)(C)CCOP(=O)([O-])OCCCc1ccc(O)c(O)c1. The number of rotatable bonds is 16. The minimum Gasteiger partial charge on any atom is -0.756 e. The first-order chi connectivity index (χ1) is 13.7. The third-order valence-electron chi connectivity index (χ3n) is 4.96. The molecule has 2 N–H and O–H groups in total. The number of quaternary nitrogens is 1. The van der Waals surface area contributed by atoms with Crippen molar-refractivity contribution in [3.8, 4) is 11.5 Å². The zero-order valence-corrected chi connectivity index (χ0v) is 19.0. The van der Waals surface area contributed by atoms with Gasteiger partial charge in [-0.2, -0.15) is 0 Å². The van der Waals surface area contributed by atoms with Gasteiger partial charge in [0.25, 0.3) is 7.82 Å². The lowest BCUT2D eigenvalue weighted by Gasteiger charge is -2.31. The highest BCUT2D eigenvalue weighted by Crippen LogP contribution is 2.38. The summed E-state index contributed by atoms with van der Waals surface area (Å²) in [6.07, 6.45) is 8.42. The van der Waals surface area contributed by atoms with Crippen LogP contribution in [0.4, 0.5) is 0 Å². The summed E-state index contributed by atoms with van der Waals surface area (Å²) < 4.78 is 22.5. The summed E-state index contributed by atoms with van der Waals surface area (Å²) in [5.74, 6) is -0.372. The molecule has 8 heteroatoms. The summed E-state index contributed by atoms with van der Waals surface area (Å²) in [5.41, 5.74) is 0.791. The normalized spacial score (nSPS) is 14.1. The molecule has 1 aromatic carbocycles. The molecule has 0 radical (unpaired) electrons. The van der Waals surface area contributed by atoms with Gasteiger partial charge in [0.05, 0.1) is 27.2 Å². The molecule has 1 atom stereocenters. The van der Waals surface area contributed by atoms with Crippen molar-refractivity contribution in [1.82, 2.24) is 0 Å². The molecule has 0 aliphatic rings. The van der Waals surface area contributed by atoms with E-state index in [-0.39, 0.29) is 24.7 Å². The van der Waals surface area contributed by atoms with Crippen molar-refractivity contribution < 1.29 is 33.2 Å². The first-order valence-electron chi connectivity index (χ1n) is 10.6. The fourth-order valence-electron chi connectivity index (χ4n) is 3.05. The maximum Gasteiger partial charge on any atom is 0.268 e. The van der Waals surface area contributed by atoms with Gasteiger partial charge in [0.1, 0.15) is 13.2 Å². The highest BCUT2D eigenvalue weighted by Gasteiger charge is 2.17. The molecule has 0 bridgehead atoms. The van der Waals surface area contributed by atoms with E-state index in [4.69, 9.17) is 9.05 Å². The number of unbranched alkanes of at least 4 members (excludes halogenated alkanes) is 5. The molecule has 1 aromatic rings. The second-order valence-electron chi connectivity index (χ2n) is 8.19. The Bertz CT molecular complexity index is 638. The lowest BCUT2D eigenvalue weighted by Crippen LogP contribution is -2.43. The second-order valence-corrected chi connectivity index (χ2v) is 9.60. The van der Waals surface area contributed by atoms with Crippen LogP contribution in [0.1, 0.15) is 57.4 Å². The van der Waals surface area contributed by atoms with Gasteiger partial charge in [-0.25, -0.2) is 0 Å². The van der Waals surface area contributed by atoms with Gasteiger partial charge in [0.2, 0.25) is 0 Å². The number of likely N-dealkylation sites (N-methyl/N-ethyl adjacent to an activating group) is 1. The molecule has 0 amide bonds. The maximum atomic E-state index is 11.9. The van der Waals surface area contributed by atoms with E-state index in [9.17, 15) is 19.7 Å². The standard InChI is InChI=1S/C21H38NO6P/c1-4-5-6-7-8-9-14-22(2,3)15-17-28-29(25,26)27-16-10-11-19-12-13-20(23)21(24)18-19/h12-13,18H,4-11,14-17H2,1-3H3,(H2-,23,24,25,26). The summed E-state index contributed by atoms with van der Waals surface area (Å²) in [4.78, 5) is 11.9. The number of benzene rings is 1. The van der Waals surface area contributed by atoms with Crippen molar-refractivity contribution in [1.29, 1.82) is 0 Å². The average Bonchev–Trinajstić information content (AvgIpc) is 2.64. The molecule has 0 heterocycles. The van der Waals surface area contributed by atoms with E-state index >= 15 is 0 Å². The number of phenols is 2. The lowest BCUT2D eigenvalue weighted by molar-refractivity contribution is -0.890. The van der Waals surface area contributed by atoms with Crippen molar-refractivity contribution in [3.05, 3.63) is 23.8 Å². The minimum atomic E-state index is -4.31. The van der Waals surface area contributed by atoms with Crippen LogP contribution in [0.3, 0.4) is 0 Å². The minimum absolute atomic E-state index is 0.0123. The molecule has 0 spiro atoms. The van der Waals surface area contributed by atoms with E-state index in [2.05, 4.69) is 21.0 Å². The van der Waals surface area contributed by atoms with E-state index in [0.717, 1.165) is 23.0 Å². The first-order valence-corrected chi connectivity index (χ1v) is 12.0. The molecular weight excluding hydrogens is 393 g/mol. The Morgan fingerprint density at radius 1 is 0.931 bits per heavy atom. The first kappa shape index (κ1) is 25.9. The second kappa shape index (κ2) is 13.2. The van der Waals surface area contributed by atoms with Gasteiger partial charge in [-0.3, -0.25) is 4.57 Å². The largest absolute Gasteiger partial charge is 0.756 e. The zero-order chi connectivity index (χ0) is 21.8. The Morgan fingerprint density at radius 2 is 1.59 bits per heavy atom. The molecule has 0 aliphatic carbocycles. The summed E-state index contributed by atoms with van der Waals surface area (Å²) >= 11 is 0. The van der Waals surface area contributed by atoms with Gasteiger partial charge in [-0.15, -0.1) is 0 Å². The highest BCUT2D eigenvalue weighted by atomic mass is 31.2. The molecule has 0 aliphatic heterocycles. The average molecular weight is 432 g/mol. The van der Waals surface area contributed by atoms with Crippen LogP contribution >= 0.6 is 7.82 Å². The number of phenolic OH excluding ortho intramolecular Hbond substituents is 2. The number of nitrogens with zero attached hydrogens (tertiary/aromatic N) is 1. The van der Waals surface area contributed by atoms with Crippen molar-refractivity contribution in [3.63, 3.8) is 0 Å². The maximum absolute atomic E-state index is 11.9. The van der Waals surface area contributed by atoms with Crippen LogP contribution in [-0.4, -0.2) is 55.1 Å². The molecule has 0 aromatic heterocycles. The molecule has 7 nitrogen and oxygen atoms in total. The van der Waals surface area contributed by atoms with Crippen molar-refractivity contribution in [2.45, 2.75) is 58.3 Å². The summed E-state index contributed by atoms with van der Waals surface area (Å²) in [7, 11) is -0.146. The number of aryl methyl sites for hydroxylation is 1. The van der Waals surface area contributed by atoms with Crippen LogP contribution < -0.4 is 4.89 Å². The fourth-order valence-corrected chi connectivity index (χ4v) is 3.78. The van der Waals surface area contributed by atoms with Gasteiger partial charge in [0, 0.05) is 0 Å². The monoisotopic (exact) mass is 431 g/mol. The molecular formula is C21H38NO6P. The Labute approximate surface area is 175 Å². The van der Waals surface area contributed by atoms with Gasteiger partial charge in [-0.1, -0.05) is 38.7 Å². The van der Waals surface area contributed by atoms with Gasteiger partial charge < -0.3 is 28.6 Å². The third-order valence-corrected chi connectivity index (χ3v) is 5.96. The van der Waals surface area contributed by atoms with E-state index in [1.807, 2.05) is 0 Å². The highest BCUT2D eigenvalue weighted by molar-refractivity contribution is 7.45. The van der Waals surface area contributed by atoms with Crippen molar-refractivity contribution >= 4 is 7.82 Å². The van der Waals surface area contributed by atoms with Crippen LogP contribution in [0.25, 0.3) is 0 Å². The summed E-state index contributed by atoms with van der Waals surface area (Å²) in [5, 5.41) is 18.7. The smallest absolute Gasteiger partial charge is 0.268 e. The summed E-state index contributed by atoms with van der Waals surface area (Å²) in [6.45, 7) is 3.93. The topological polar surface area (TPSA) is 99.1 Å². The molecule has 168 valence electrons. The predicted octanol–water partition coefficient (Wildman–Crippen LogP) is 3.97. The number of aromatic hydroxyl groups is 2. The number of hydrogen-bond donors (Lipinski definition) is 2. The quantitative estimate of drug-likeness (QED) is 0.178. The molecule has 29 heavy (non-hydrogen) atoms. The van der Waals surface area contributed by atoms with Gasteiger partial charge in [-0.05, 0) is 43.4 Å². The van der Waals surface area contributed by atoms with Crippen LogP contribution in [-0.2, 0) is 20.0 Å². The number of phosphoric ester groups is 1. The molecule has 1 rings (SSSR count). The lowest BCUT2D eigenvalue weighted by atomic mass is 10.1. The van der Waals surface area contributed by atoms with Crippen molar-refractivity contribution in [2.24, 2.45) is 0 Å². The van der Waals surface area contributed by atoms with Crippen molar-refractivity contribution in [2.75, 3.05) is 40.4 Å². The molecule has 0 fully saturated rings. The van der Waals surface area contributed by atoms with Crippen LogP contribution in [0, 0.1) is 0 Å². The van der Waals surface area contributed by atoms with E-state index in [1.165, 1.54) is 44.2 Å². The number of hydrogen-bond acceptors (Lipinski definition) is 6. The van der Waals surface area contributed by atoms with Gasteiger partial charge in [0.15, 0.2) is 11.5 Å². The Morgan fingerprint density at radius 3 is 2.28 bits per heavy atom. The zero-order valence-electron chi connectivity index (χ0n) is 18.1. The fraction of sp³-hybridized carbons (Fsp3) is 0.714. The Kier molecular flexibility index (Phi) is 11.8. The van der Waals surface area contributed by atoms with E-state index in [0.29, 0.717) is 19.4 Å². The molecule has 0 saturated heterocycles. The van der Waals surface area contributed by atoms with Crippen LogP contribution in [0.2, 0.25) is 0 Å². The number of phosphoric acid groups is 1. The predicted molar refractivity (Wildman–Crippen MR) is 113 cm³/mol. The molecule has 1 unspecified atom stereocenters. The summed E-state index contributed by atoms with van der Waals surface area (Å²) in [6, 6.07) is 4.52. The van der Waals surface area contributed by atoms with E-state index < -0.39 is 7.82 Å². The van der Waals surface area contributed by atoms with Crippen LogP contribution in [0.15, 0.2) is 18.2 Å².